The Morgan fingerprint density at radius 2 is 1.94 bits per heavy atom. The molecule has 1 aromatic heterocycles. The molecule has 1 fully saturated rings. The Kier molecular flexibility index (Phi) is 10.4. The molecule has 0 radical (unpaired) electrons. The number of aryl methyl sites for hydroxylation is 2. The molecule has 0 aliphatic carbocycles. The van der Waals surface area contributed by atoms with Gasteiger partial charge in [-0.3, -0.25) is 4.99 Å². The van der Waals surface area contributed by atoms with E-state index in [2.05, 4.69) is 44.3 Å². The Morgan fingerprint density at radius 3 is 2.52 bits per heavy atom. The number of rotatable bonds is 7. The molecule has 31 heavy (non-hydrogen) atoms. The third kappa shape index (κ3) is 7.28. The number of nitrogens with zero attached hydrogens (tertiary/aromatic N) is 4. The van der Waals surface area contributed by atoms with E-state index in [1.54, 1.807) is 24.5 Å². The first-order valence-electron chi connectivity index (χ1n) is 10.6. The zero-order valence-corrected chi connectivity index (χ0v) is 22.0. The third-order valence-corrected chi connectivity index (χ3v) is 6.69. The number of guanidine groups is 1. The van der Waals surface area contributed by atoms with Crippen LogP contribution in [0.5, 0.6) is 0 Å². The average molecular weight is 561 g/mol. The van der Waals surface area contributed by atoms with Gasteiger partial charge >= 0.3 is 0 Å². The summed E-state index contributed by atoms with van der Waals surface area (Å²) >= 11 is 1.74. The van der Waals surface area contributed by atoms with E-state index >= 15 is 0 Å². The molecule has 9 heteroatoms. The molecule has 1 aliphatic heterocycles. The number of benzene rings is 1. The topological polar surface area (TPSA) is 55.8 Å². The van der Waals surface area contributed by atoms with Crippen LogP contribution >= 0.6 is 35.3 Å². The molecular weight excluding hydrogens is 526 g/mol. The first-order chi connectivity index (χ1) is 14.5. The number of aliphatic imine (C=N–C) groups is 1. The van der Waals surface area contributed by atoms with E-state index in [-0.39, 0.29) is 29.8 Å². The normalized spacial score (nSPS) is 15.0. The molecule has 1 aliphatic rings. The number of thiazole rings is 1. The molecule has 1 aromatic carbocycles. The van der Waals surface area contributed by atoms with E-state index in [0.29, 0.717) is 18.2 Å². The fraction of sp³-hybridized carbons (Fsp3) is 0.545. The van der Waals surface area contributed by atoms with E-state index < -0.39 is 0 Å². The molecule has 0 amide bonds. The van der Waals surface area contributed by atoms with Crippen LogP contribution < -0.4 is 15.5 Å². The van der Waals surface area contributed by atoms with Gasteiger partial charge in [0.05, 0.1) is 16.4 Å². The lowest BCUT2D eigenvalue weighted by atomic mass is 10.1. The van der Waals surface area contributed by atoms with Crippen LogP contribution in [0.1, 0.15) is 28.1 Å². The molecule has 2 heterocycles. The highest BCUT2D eigenvalue weighted by atomic mass is 127. The second kappa shape index (κ2) is 12.5. The largest absolute Gasteiger partial charge is 0.367 e. The van der Waals surface area contributed by atoms with E-state index in [4.69, 9.17) is 0 Å². The number of nitrogens with one attached hydrogen (secondary N) is 2. The minimum Gasteiger partial charge on any atom is -0.367 e. The molecule has 3 rings (SSSR count). The van der Waals surface area contributed by atoms with Gasteiger partial charge in [-0.15, -0.1) is 35.3 Å². The zero-order chi connectivity index (χ0) is 21.5. The van der Waals surface area contributed by atoms with Crippen molar-refractivity contribution in [3.05, 3.63) is 45.2 Å². The molecule has 0 spiro atoms. The van der Waals surface area contributed by atoms with E-state index in [1.165, 1.54) is 4.88 Å². The fourth-order valence-electron chi connectivity index (χ4n) is 3.56. The van der Waals surface area contributed by atoms with Crippen LogP contribution in [0.2, 0.25) is 0 Å². The van der Waals surface area contributed by atoms with Crippen LogP contribution in [0.15, 0.2) is 23.2 Å². The highest BCUT2D eigenvalue weighted by Crippen LogP contribution is 2.22. The van der Waals surface area contributed by atoms with Crippen LogP contribution in [-0.2, 0) is 13.0 Å². The summed E-state index contributed by atoms with van der Waals surface area (Å²) in [6.45, 7) is 12.4. The number of piperazine rings is 1. The van der Waals surface area contributed by atoms with Gasteiger partial charge < -0.3 is 20.4 Å². The maximum absolute atomic E-state index is 14.7. The Hall–Kier alpha value is -1.46. The number of anilines is 1. The van der Waals surface area contributed by atoms with Crippen LogP contribution in [0.3, 0.4) is 0 Å². The SMILES string of the molecule is CCN1CCN(c2ccc(CNC(=NC)NCCc3nc(C)c(C)s3)cc2F)CC1.I. The number of likely N-dealkylation sites (N-methyl/N-ethyl adjacent to an activating group) is 1. The molecule has 172 valence electrons. The molecule has 2 aromatic rings. The van der Waals surface area contributed by atoms with Gasteiger partial charge in [0.15, 0.2) is 5.96 Å². The quantitative estimate of drug-likeness (QED) is 0.308. The lowest BCUT2D eigenvalue weighted by Gasteiger charge is -2.35. The maximum Gasteiger partial charge on any atom is 0.191 e. The monoisotopic (exact) mass is 560 g/mol. The van der Waals surface area contributed by atoms with Crippen molar-refractivity contribution < 1.29 is 4.39 Å². The minimum atomic E-state index is -0.156. The van der Waals surface area contributed by atoms with Gasteiger partial charge in [0.2, 0.25) is 0 Å². The maximum atomic E-state index is 14.7. The highest BCUT2D eigenvalue weighted by molar-refractivity contribution is 14.0. The molecule has 0 unspecified atom stereocenters. The van der Waals surface area contributed by atoms with Crippen LogP contribution in [0, 0.1) is 19.7 Å². The predicted molar refractivity (Wildman–Crippen MR) is 140 cm³/mol. The number of halogens is 2. The zero-order valence-electron chi connectivity index (χ0n) is 18.9. The summed E-state index contributed by atoms with van der Waals surface area (Å²) in [5.41, 5.74) is 2.71. The van der Waals surface area contributed by atoms with Crippen molar-refractivity contribution in [1.82, 2.24) is 20.5 Å². The van der Waals surface area contributed by atoms with Crippen molar-refractivity contribution in [3.63, 3.8) is 0 Å². The van der Waals surface area contributed by atoms with E-state index in [0.717, 1.165) is 62.0 Å². The van der Waals surface area contributed by atoms with Crippen molar-refractivity contribution in [2.24, 2.45) is 4.99 Å². The van der Waals surface area contributed by atoms with Gasteiger partial charge in [-0.25, -0.2) is 9.37 Å². The Morgan fingerprint density at radius 1 is 1.19 bits per heavy atom. The molecule has 1 saturated heterocycles. The van der Waals surface area contributed by atoms with Crippen molar-refractivity contribution >= 4 is 47.0 Å². The smallest absolute Gasteiger partial charge is 0.191 e. The highest BCUT2D eigenvalue weighted by Gasteiger charge is 2.18. The minimum absolute atomic E-state index is 0. The fourth-order valence-corrected chi connectivity index (χ4v) is 4.50. The molecule has 6 nitrogen and oxygen atoms in total. The number of hydrogen-bond donors (Lipinski definition) is 2. The average Bonchev–Trinajstić information content (AvgIpc) is 3.08. The van der Waals surface area contributed by atoms with Gasteiger partial charge in [0.1, 0.15) is 5.82 Å². The van der Waals surface area contributed by atoms with Crippen molar-refractivity contribution in [1.29, 1.82) is 0 Å². The van der Waals surface area contributed by atoms with E-state index in [1.807, 2.05) is 19.1 Å². The molecule has 0 atom stereocenters. The van der Waals surface area contributed by atoms with Crippen molar-refractivity contribution in [2.45, 2.75) is 33.7 Å². The van der Waals surface area contributed by atoms with Crippen LogP contribution in [-0.4, -0.2) is 62.2 Å². The predicted octanol–water partition coefficient (Wildman–Crippen LogP) is 3.57. The molecular formula is C22H34FIN6S. The summed E-state index contributed by atoms with van der Waals surface area (Å²) in [5.74, 6) is 0.553. The van der Waals surface area contributed by atoms with Gasteiger partial charge in [0, 0.05) is 57.6 Å². The lowest BCUT2D eigenvalue weighted by molar-refractivity contribution is 0.270. The van der Waals surface area contributed by atoms with Gasteiger partial charge in [-0.1, -0.05) is 13.0 Å². The second-order valence-electron chi connectivity index (χ2n) is 7.56. The Labute approximate surface area is 206 Å². The van der Waals surface area contributed by atoms with Crippen LogP contribution in [0.25, 0.3) is 0 Å². The summed E-state index contributed by atoms with van der Waals surface area (Å²) < 4.78 is 14.7. The number of hydrogen-bond acceptors (Lipinski definition) is 5. The lowest BCUT2D eigenvalue weighted by Crippen LogP contribution is -2.46. The Balaban J connectivity index is 0.00000341. The molecule has 0 bridgehead atoms. The molecule has 0 saturated carbocycles. The van der Waals surface area contributed by atoms with Gasteiger partial charge in [0.25, 0.3) is 0 Å². The Bertz CT molecular complexity index is 844. The van der Waals surface area contributed by atoms with Gasteiger partial charge in [-0.05, 0) is 38.1 Å². The summed E-state index contributed by atoms with van der Waals surface area (Å²) in [7, 11) is 1.74. The third-order valence-electron chi connectivity index (χ3n) is 5.56. The summed E-state index contributed by atoms with van der Waals surface area (Å²) in [6.07, 6.45) is 0.856. The van der Waals surface area contributed by atoms with Gasteiger partial charge in [-0.2, -0.15) is 0 Å². The van der Waals surface area contributed by atoms with E-state index in [9.17, 15) is 4.39 Å². The summed E-state index contributed by atoms with van der Waals surface area (Å²) in [4.78, 5) is 14.6. The first-order valence-corrected chi connectivity index (χ1v) is 11.4. The standard InChI is InChI=1S/C22H33FN6S.HI/c1-5-28-10-12-29(13-11-28)20-7-6-18(14-19(20)23)15-26-22(24-4)25-9-8-21-27-16(2)17(3)30-21;/h6-7,14H,5,8-13,15H2,1-4H3,(H2,24,25,26);1H. The first kappa shape index (κ1) is 25.8. The molecule has 2 N–H and O–H groups in total. The van der Waals surface area contributed by atoms with Crippen molar-refractivity contribution in [3.8, 4) is 0 Å². The summed E-state index contributed by atoms with van der Waals surface area (Å²) in [5, 5.41) is 7.70. The summed E-state index contributed by atoms with van der Waals surface area (Å²) in [6, 6.07) is 5.52. The second-order valence-corrected chi connectivity index (χ2v) is 8.85. The van der Waals surface area contributed by atoms with Crippen LogP contribution in [0.4, 0.5) is 10.1 Å². The van der Waals surface area contributed by atoms with Crippen molar-refractivity contribution in [2.75, 3.05) is 51.2 Å². The number of aromatic nitrogens is 1.